The van der Waals surface area contributed by atoms with Gasteiger partial charge in [0.15, 0.2) is 0 Å². The summed E-state index contributed by atoms with van der Waals surface area (Å²) in [6.07, 6.45) is -0.260. The number of hydrogen-bond donors (Lipinski definition) is 1. The molecule has 1 saturated heterocycles. The Bertz CT molecular complexity index is 1430. The van der Waals surface area contributed by atoms with Crippen LogP contribution in [0.5, 0.6) is 0 Å². The summed E-state index contributed by atoms with van der Waals surface area (Å²) in [7, 11) is 1.53. The van der Waals surface area contributed by atoms with Crippen molar-refractivity contribution in [1.82, 2.24) is 30.0 Å². The van der Waals surface area contributed by atoms with E-state index in [1.807, 2.05) is 56.3 Å². The summed E-state index contributed by atoms with van der Waals surface area (Å²) in [5.74, 6) is -1.20. The number of anilines is 1. The van der Waals surface area contributed by atoms with E-state index in [1.165, 1.54) is 21.6 Å². The van der Waals surface area contributed by atoms with Gasteiger partial charge in [0.25, 0.3) is 17.6 Å². The zero-order valence-electron chi connectivity index (χ0n) is 21.4. The second-order valence-corrected chi connectivity index (χ2v) is 10.2. The number of fused-ring (bicyclic) bond motifs is 2. The largest absolute Gasteiger partial charge is 0.327 e. The number of para-hydroxylation sites is 2. The lowest BCUT2D eigenvalue weighted by atomic mass is 9.80. The van der Waals surface area contributed by atoms with E-state index >= 15 is 0 Å². The van der Waals surface area contributed by atoms with E-state index in [0.29, 0.717) is 17.8 Å². The Balaban J connectivity index is 1.42. The summed E-state index contributed by atoms with van der Waals surface area (Å²) in [5, 5.41) is 15.0. The molecule has 2 aromatic carbocycles. The number of aromatic nitrogens is 4. The molecule has 11 nitrogen and oxygen atoms in total. The molecule has 3 atom stereocenters. The number of likely N-dealkylation sites (tertiary alicyclic amines) is 1. The summed E-state index contributed by atoms with van der Waals surface area (Å²) in [5.41, 5.74) is 1.15. The highest BCUT2D eigenvalue weighted by atomic mass is 16.2. The maximum Gasteiger partial charge on any atom is 0.302 e. The molecule has 1 aromatic heterocycles. The lowest BCUT2D eigenvalue weighted by Crippen LogP contribution is -2.51. The van der Waals surface area contributed by atoms with E-state index < -0.39 is 23.5 Å². The Hall–Kier alpha value is -4.59. The Morgan fingerprint density at radius 2 is 1.89 bits per heavy atom. The van der Waals surface area contributed by atoms with Crippen LogP contribution in [-0.2, 0) is 15.0 Å². The zero-order chi connectivity index (χ0) is 27.0. The predicted molar refractivity (Wildman–Crippen MR) is 138 cm³/mol. The van der Waals surface area contributed by atoms with Crippen molar-refractivity contribution in [2.45, 2.75) is 44.3 Å². The van der Waals surface area contributed by atoms with Gasteiger partial charge in [-0.25, -0.2) is 6.57 Å². The maximum atomic E-state index is 14.0. The van der Waals surface area contributed by atoms with Crippen molar-refractivity contribution in [2.24, 2.45) is 5.92 Å². The van der Waals surface area contributed by atoms with Crippen LogP contribution >= 0.6 is 0 Å². The molecule has 1 N–H and O–H groups in total. The van der Waals surface area contributed by atoms with Crippen molar-refractivity contribution in [3.63, 3.8) is 0 Å². The molecule has 3 amide bonds. The number of hydrogen-bond acceptors (Lipinski definition) is 6. The molecule has 1 spiro atoms. The number of likely N-dealkylation sites (N-methyl/N-ethyl adjacent to an activating group) is 1. The average molecular weight is 513 g/mol. The standard InChI is InChI=1S/C27H28N8O3/c1-17(2)14-21(33(4)25(37)23-30-32-35(31-23)18-10-6-5-7-11-18)24(36)34-16-27(15-22(34)28-3)19-12-8-9-13-20(19)29-26(27)38/h5-13,17,21-22H,14-16H2,1-2,4H3,(H,29,38)/t21-,22-,27-/m0/s1. The van der Waals surface area contributed by atoms with Crippen LogP contribution in [0.15, 0.2) is 54.6 Å². The Morgan fingerprint density at radius 1 is 1.18 bits per heavy atom. The van der Waals surface area contributed by atoms with Crippen molar-refractivity contribution in [3.8, 4) is 5.69 Å². The van der Waals surface area contributed by atoms with Gasteiger partial charge >= 0.3 is 6.17 Å². The van der Waals surface area contributed by atoms with Crippen LogP contribution in [-0.4, -0.2) is 73.5 Å². The minimum Gasteiger partial charge on any atom is -0.327 e. The molecule has 194 valence electrons. The fraction of sp³-hybridized carbons (Fsp3) is 0.370. The summed E-state index contributed by atoms with van der Waals surface area (Å²) >= 11 is 0. The molecule has 38 heavy (non-hydrogen) atoms. The number of nitrogens with zero attached hydrogens (tertiary/aromatic N) is 7. The molecule has 2 aliphatic rings. The highest BCUT2D eigenvalue weighted by molar-refractivity contribution is 6.07. The van der Waals surface area contributed by atoms with Crippen molar-refractivity contribution in [3.05, 3.63) is 77.4 Å². The Labute approximate surface area is 220 Å². The van der Waals surface area contributed by atoms with Crippen LogP contribution in [0, 0.1) is 12.5 Å². The first kappa shape index (κ1) is 25.1. The van der Waals surface area contributed by atoms with Crippen molar-refractivity contribution in [1.29, 1.82) is 0 Å². The lowest BCUT2D eigenvalue weighted by Gasteiger charge is -2.31. The number of amides is 3. The predicted octanol–water partition coefficient (Wildman–Crippen LogP) is 2.52. The molecule has 5 rings (SSSR count). The van der Waals surface area contributed by atoms with Gasteiger partial charge < -0.3 is 10.2 Å². The molecule has 3 aromatic rings. The molecule has 1 fully saturated rings. The van der Waals surface area contributed by atoms with E-state index in [2.05, 4.69) is 25.6 Å². The summed E-state index contributed by atoms with van der Waals surface area (Å²) < 4.78 is 0. The number of nitrogens with one attached hydrogen (secondary N) is 1. The molecular formula is C27H28N8O3. The van der Waals surface area contributed by atoms with Gasteiger partial charge in [0.2, 0.25) is 5.91 Å². The quantitative estimate of drug-likeness (QED) is 0.507. The van der Waals surface area contributed by atoms with Gasteiger partial charge in [-0.15, -0.1) is 15.0 Å². The SMILES string of the molecule is [C-]#[N+][C@@H]1C[C@@]2(CN1C(=O)[C@H](CC(C)C)N(C)C(=O)c1nnn(-c3ccccc3)n1)C(=O)Nc1ccccc12. The van der Waals surface area contributed by atoms with Crippen molar-refractivity contribution < 1.29 is 14.4 Å². The summed E-state index contributed by atoms with van der Waals surface area (Å²) in [6, 6.07) is 15.6. The number of carbonyl (C=O) groups is 3. The third-order valence-electron chi connectivity index (χ3n) is 7.25. The first-order valence-corrected chi connectivity index (χ1v) is 12.5. The number of rotatable bonds is 6. The van der Waals surface area contributed by atoms with Gasteiger partial charge in [0.05, 0.1) is 12.1 Å². The van der Waals surface area contributed by atoms with Crippen LogP contribution in [0.1, 0.15) is 42.9 Å². The fourth-order valence-electron chi connectivity index (χ4n) is 5.29. The summed E-state index contributed by atoms with van der Waals surface area (Å²) in [6.45, 7) is 11.8. The van der Waals surface area contributed by atoms with Crippen molar-refractivity contribution >= 4 is 23.4 Å². The van der Waals surface area contributed by atoms with Crippen LogP contribution in [0.2, 0.25) is 0 Å². The van der Waals surface area contributed by atoms with Gasteiger partial charge in [-0.05, 0) is 41.3 Å². The minimum absolute atomic E-state index is 0.0702. The van der Waals surface area contributed by atoms with Gasteiger partial charge in [-0.2, -0.15) is 0 Å². The molecule has 3 heterocycles. The van der Waals surface area contributed by atoms with Crippen LogP contribution in [0.25, 0.3) is 10.5 Å². The van der Waals surface area contributed by atoms with E-state index in [1.54, 1.807) is 12.1 Å². The zero-order valence-corrected chi connectivity index (χ0v) is 21.4. The monoisotopic (exact) mass is 512 g/mol. The van der Waals surface area contributed by atoms with E-state index in [9.17, 15) is 14.4 Å². The fourth-order valence-corrected chi connectivity index (χ4v) is 5.29. The van der Waals surface area contributed by atoms with Crippen molar-refractivity contribution in [2.75, 3.05) is 18.9 Å². The number of benzene rings is 2. The normalized spacial score (nSPS) is 20.8. The first-order chi connectivity index (χ1) is 18.2. The smallest absolute Gasteiger partial charge is 0.302 e. The Morgan fingerprint density at radius 3 is 2.61 bits per heavy atom. The minimum atomic E-state index is -0.994. The van der Waals surface area contributed by atoms with Gasteiger partial charge in [-0.3, -0.25) is 24.1 Å². The Kier molecular flexibility index (Phi) is 6.40. The van der Waals surface area contributed by atoms with Gasteiger partial charge in [0, 0.05) is 19.3 Å². The van der Waals surface area contributed by atoms with Crippen LogP contribution in [0.4, 0.5) is 5.69 Å². The van der Waals surface area contributed by atoms with E-state index in [-0.39, 0.29) is 36.5 Å². The molecule has 2 aliphatic heterocycles. The van der Waals surface area contributed by atoms with E-state index in [0.717, 1.165) is 5.56 Å². The number of tetrazole rings is 1. The van der Waals surface area contributed by atoms with Crippen LogP contribution in [0.3, 0.4) is 0 Å². The van der Waals surface area contributed by atoms with Gasteiger partial charge in [-0.1, -0.05) is 50.2 Å². The topological polar surface area (TPSA) is 118 Å². The van der Waals surface area contributed by atoms with Crippen LogP contribution < -0.4 is 5.32 Å². The number of carbonyl (C=O) groups excluding carboxylic acids is 3. The molecule has 0 radical (unpaired) electrons. The third kappa shape index (κ3) is 4.18. The lowest BCUT2D eigenvalue weighted by molar-refractivity contribution is -0.136. The highest BCUT2D eigenvalue weighted by Crippen LogP contribution is 2.47. The third-order valence-corrected chi connectivity index (χ3v) is 7.25. The highest BCUT2D eigenvalue weighted by Gasteiger charge is 2.59. The summed E-state index contributed by atoms with van der Waals surface area (Å²) in [4.78, 5) is 48.3. The van der Waals surface area contributed by atoms with E-state index in [4.69, 9.17) is 6.57 Å². The second kappa shape index (κ2) is 9.70. The van der Waals surface area contributed by atoms with Gasteiger partial charge in [0.1, 0.15) is 11.5 Å². The molecule has 0 saturated carbocycles. The molecule has 0 aliphatic carbocycles. The molecule has 0 bridgehead atoms. The first-order valence-electron chi connectivity index (χ1n) is 12.5. The maximum absolute atomic E-state index is 14.0. The molecule has 0 unspecified atom stereocenters. The molecule has 11 heteroatoms. The molecular weight excluding hydrogens is 484 g/mol. The average Bonchev–Trinajstić information content (AvgIpc) is 3.64. The second-order valence-electron chi connectivity index (χ2n) is 10.2.